The summed E-state index contributed by atoms with van der Waals surface area (Å²) >= 11 is 0. The molecule has 1 fully saturated rings. The van der Waals surface area contributed by atoms with E-state index in [-0.39, 0.29) is 12.6 Å². The van der Waals surface area contributed by atoms with Crippen molar-refractivity contribution >= 4 is 5.91 Å². The number of hydrogen-bond acceptors (Lipinski definition) is 2. The van der Waals surface area contributed by atoms with E-state index >= 15 is 0 Å². The van der Waals surface area contributed by atoms with Gasteiger partial charge in [-0.05, 0) is 19.3 Å². The van der Waals surface area contributed by atoms with Gasteiger partial charge in [0.05, 0.1) is 5.92 Å². The molecule has 1 amide bonds. The highest BCUT2D eigenvalue weighted by Crippen LogP contribution is 2.31. The van der Waals surface area contributed by atoms with Crippen molar-refractivity contribution in [1.82, 2.24) is 4.90 Å². The Hall–Kier alpha value is -0.780. The second kappa shape index (κ2) is 5.03. The third kappa shape index (κ3) is 3.66. The molecule has 0 aromatic heterocycles. The molecule has 0 bridgehead atoms. The van der Waals surface area contributed by atoms with Crippen LogP contribution in [0.1, 0.15) is 26.2 Å². The molecule has 1 unspecified atom stereocenters. The molecular weight excluding hydrogens is 221 g/mol. The number of rotatable bonds is 5. The predicted octanol–water partition coefficient (Wildman–Crippen LogP) is 1.52. The molecule has 0 radical (unpaired) electrons. The van der Waals surface area contributed by atoms with Gasteiger partial charge >= 0.3 is 6.18 Å². The summed E-state index contributed by atoms with van der Waals surface area (Å²) in [5.74, 6) is -0.937. The lowest BCUT2D eigenvalue weighted by Gasteiger charge is -2.27. The molecule has 1 atom stereocenters. The zero-order valence-electron chi connectivity index (χ0n) is 9.26. The van der Waals surface area contributed by atoms with Crippen LogP contribution in [0, 0.1) is 5.92 Å². The van der Waals surface area contributed by atoms with Crippen molar-refractivity contribution in [2.75, 3.05) is 13.1 Å². The van der Waals surface area contributed by atoms with Crippen LogP contribution in [0.2, 0.25) is 0 Å². The zero-order valence-corrected chi connectivity index (χ0v) is 9.26. The van der Waals surface area contributed by atoms with Gasteiger partial charge in [-0.3, -0.25) is 4.79 Å². The minimum absolute atomic E-state index is 0.108. The molecule has 2 N–H and O–H groups in total. The molecule has 94 valence electrons. The Bertz CT molecular complexity index is 247. The fraction of sp³-hybridized carbons (Fsp3) is 0.900. The third-order valence-electron chi connectivity index (χ3n) is 2.75. The Morgan fingerprint density at radius 2 is 2.06 bits per heavy atom. The summed E-state index contributed by atoms with van der Waals surface area (Å²) in [4.78, 5) is 12.8. The minimum atomic E-state index is -4.33. The van der Waals surface area contributed by atoms with Gasteiger partial charge in [-0.1, -0.05) is 6.92 Å². The number of amides is 1. The summed E-state index contributed by atoms with van der Waals surface area (Å²) in [5, 5.41) is 0. The first-order valence-corrected chi connectivity index (χ1v) is 5.46. The number of carbonyl (C=O) groups excluding carboxylic acids is 1. The smallest absolute Gasteiger partial charge is 0.330 e. The molecule has 3 nitrogen and oxygen atoms in total. The van der Waals surface area contributed by atoms with E-state index in [1.807, 2.05) is 0 Å². The molecule has 0 spiro atoms. The van der Waals surface area contributed by atoms with Gasteiger partial charge in [0.1, 0.15) is 6.54 Å². The largest absolute Gasteiger partial charge is 0.406 e. The Kier molecular flexibility index (Phi) is 4.18. The monoisotopic (exact) mass is 238 g/mol. The third-order valence-corrected chi connectivity index (χ3v) is 2.75. The summed E-state index contributed by atoms with van der Waals surface area (Å²) in [6, 6.07) is -0.227. The molecule has 0 aliphatic heterocycles. The van der Waals surface area contributed by atoms with Crippen LogP contribution in [-0.4, -0.2) is 36.1 Å². The fourth-order valence-electron chi connectivity index (χ4n) is 1.64. The van der Waals surface area contributed by atoms with Gasteiger partial charge in [0.15, 0.2) is 0 Å². The summed E-state index contributed by atoms with van der Waals surface area (Å²) in [5.41, 5.74) is 5.38. The highest BCUT2D eigenvalue weighted by atomic mass is 19.4. The van der Waals surface area contributed by atoms with Crippen molar-refractivity contribution in [3.05, 3.63) is 0 Å². The van der Waals surface area contributed by atoms with E-state index in [0.717, 1.165) is 4.90 Å². The van der Waals surface area contributed by atoms with E-state index in [0.29, 0.717) is 19.3 Å². The SMILES string of the molecule is CCC(CN)C(=O)N(CC(F)(F)F)C1CC1. The van der Waals surface area contributed by atoms with E-state index in [9.17, 15) is 18.0 Å². The topological polar surface area (TPSA) is 46.3 Å². The van der Waals surface area contributed by atoms with E-state index in [1.54, 1.807) is 6.92 Å². The summed E-state index contributed by atoms with van der Waals surface area (Å²) in [6.45, 7) is 0.720. The van der Waals surface area contributed by atoms with Crippen LogP contribution in [0.5, 0.6) is 0 Å². The summed E-state index contributed by atoms with van der Waals surface area (Å²) in [6.07, 6.45) is -2.51. The van der Waals surface area contributed by atoms with Crippen LogP contribution in [0.4, 0.5) is 13.2 Å². The number of carbonyl (C=O) groups is 1. The van der Waals surface area contributed by atoms with Crippen LogP contribution in [0.25, 0.3) is 0 Å². The lowest BCUT2D eigenvalue weighted by Crippen LogP contribution is -2.45. The minimum Gasteiger partial charge on any atom is -0.330 e. The highest BCUT2D eigenvalue weighted by molar-refractivity contribution is 5.79. The molecule has 1 saturated carbocycles. The second-order valence-corrected chi connectivity index (χ2v) is 4.15. The number of halogens is 3. The first-order chi connectivity index (χ1) is 7.39. The molecule has 0 saturated heterocycles. The lowest BCUT2D eigenvalue weighted by atomic mass is 10.1. The van der Waals surface area contributed by atoms with Gasteiger partial charge in [0.25, 0.3) is 0 Å². The average molecular weight is 238 g/mol. The summed E-state index contributed by atoms with van der Waals surface area (Å²) < 4.78 is 36.9. The van der Waals surface area contributed by atoms with Crippen LogP contribution in [-0.2, 0) is 4.79 Å². The maximum atomic E-state index is 12.3. The maximum absolute atomic E-state index is 12.3. The Morgan fingerprint density at radius 1 is 1.50 bits per heavy atom. The normalized spacial score (nSPS) is 18.3. The Labute approximate surface area is 92.8 Å². The van der Waals surface area contributed by atoms with Crippen LogP contribution in [0.3, 0.4) is 0 Å². The Morgan fingerprint density at radius 3 is 2.38 bits per heavy atom. The van der Waals surface area contributed by atoms with Gasteiger partial charge in [-0.2, -0.15) is 13.2 Å². The summed E-state index contributed by atoms with van der Waals surface area (Å²) in [7, 11) is 0. The molecule has 0 heterocycles. The first kappa shape index (κ1) is 13.3. The number of hydrogen-bond donors (Lipinski definition) is 1. The van der Waals surface area contributed by atoms with Crippen molar-refractivity contribution in [2.45, 2.75) is 38.4 Å². The number of nitrogens with zero attached hydrogens (tertiary/aromatic N) is 1. The van der Waals surface area contributed by atoms with Crippen molar-refractivity contribution in [3.63, 3.8) is 0 Å². The maximum Gasteiger partial charge on any atom is 0.406 e. The van der Waals surface area contributed by atoms with Gasteiger partial charge in [-0.15, -0.1) is 0 Å². The van der Waals surface area contributed by atoms with Gasteiger partial charge < -0.3 is 10.6 Å². The average Bonchev–Trinajstić information content (AvgIpc) is 2.97. The predicted molar refractivity (Wildman–Crippen MR) is 53.6 cm³/mol. The standard InChI is InChI=1S/C10H17F3N2O/c1-2-7(5-14)9(16)15(8-3-4-8)6-10(11,12)13/h7-8H,2-6,14H2,1H3. The highest BCUT2D eigenvalue weighted by Gasteiger charge is 2.41. The molecule has 0 aromatic rings. The molecule has 1 rings (SSSR count). The van der Waals surface area contributed by atoms with E-state index < -0.39 is 24.5 Å². The molecule has 6 heteroatoms. The molecule has 0 aromatic carbocycles. The van der Waals surface area contributed by atoms with Crippen LogP contribution < -0.4 is 5.73 Å². The molecule has 1 aliphatic carbocycles. The van der Waals surface area contributed by atoms with Gasteiger partial charge in [-0.25, -0.2) is 0 Å². The van der Waals surface area contributed by atoms with E-state index in [4.69, 9.17) is 5.73 Å². The molecular formula is C10H17F3N2O. The quantitative estimate of drug-likeness (QED) is 0.789. The van der Waals surface area contributed by atoms with Crippen LogP contribution >= 0.6 is 0 Å². The zero-order chi connectivity index (χ0) is 12.3. The molecule has 1 aliphatic rings. The van der Waals surface area contributed by atoms with E-state index in [2.05, 4.69) is 0 Å². The number of alkyl halides is 3. The van der Waals surface area contributed by atoms with Gasteiger partial charge in [0.2, 0.25) is 5.91 Å². The van der Waals surface area contributed by atoms with E-state index in [1.165, 1.54) is 0 Å². The Balaban J connectivity index is 2.66. The lowest BCUT2D eigenvalue weighted by molar-refractivity contribution is -0.164. The molecule has 16 heavy (non-hydrogen) atoms. The van der Waals surface area contributed by atoms with Crippen molar-refractivity contribution < 1.29 is 18.0 Å². The number of nitrogens with two attached hydrogens (primary N) is 1. The van der Waals surface area contributed by atoms with Crippen LogP contribution in [0.15, 0.2) is 0 Å². The first-order valence-electron chi connectivity index (χ1n) is 5.46. The van der Waals surface area contributed by atoms with Crippen molar-refractivity contribution in [1.29, 1.82) is 0 Å². The van der Waals surface area contributed by atoms with Gasteiger partial charge in [0, 0.05) is 12.6 Å². The fourth-order valence-corrected chi connectivity index (χ4v) is 1.64. The van der Waals surface area contributed by atoms with Crippen molar-refractivity contribution in [3.8, 4) is 0 Å². The second-order valence-electron chi connectivity index (χ2n) is 4.15. The van der Waals surface area contributed by atoms with Crippen molar-refractivity contribution in [2.24, 2.45) is 11.7 Å².